The fourth-order valence-corrected chi connectivity index (χ4v) is 3.96. The molecule has 36 heavy (non-hydrogen) atoms. The standard InChI is InChI=1S/C26H18Cl3NO6/c1-3-34-23-11-14(4-8-22(23)35-25(31)17-7-5-16(28)13-19(17)29)10-20-26(32)36-24(30-20)18-12-15(27)6-9-21(18)33-2/h4-13H,3H2,1-2H3/b20-10-. The highest BCUT2D eigenvalue weighted by molar-refractivity contribution is 6.36. The van der Waals surface area contributed by atoms with Gasteiger partial charge in [-0.25, -0.2) is 14.6 Å². The lowest BCUT2D eigenvalue weighted by Crippen LogP contribution is -2.10. The first-order valence-corrected chi connectivity index (χ1v) is 11.7. The predicted octanol–water partition coefficient (Wildman–Crippen LogP) is 6.62. The van der Waals surface area contributed by atoms with Crippen molar-refractivity contribution >= 4 is 58.7 Å². The van der Waals surface area contributed by atoms with Gasteiger partial charge in [-0.05, 0) is 67.1 Å². The van der Waals surface area contributed by atoms with Gasteiger partial charge in [0.1, 0.15) is 5.75 Å². The Morgan fingerprint density at radius 3 is 2.42 bits per heavy atom. The minimum Gasteiger partial charge on any atom is -0.496 e. The van der Waals surface area contributed by atoms with E-state index in [2.05, 4.69) is 4.99 Å². The Labute approximate surface area is 221 Å². The number of hydrogen-bond donors (Lipinski definition) is 0. The molecule has 0 saturated heterocycles. The highest BCUT2D eigenvalue weighted by Crippen LogP contribution is 2.33. The number of benzene rings is 3. The zero-order chi connectivity index (χ0) is 25.8. The number of nitrogens with zero attached hydrogens (tertiary/aromatic N) is 1. The molecule has 0 atom stereocenters. The van der Waals surface area contributed by atoms with Crippen LogP contribution in [0.2, 0.25) is 15.1 Å². The molecule has 3 aromatic rings. The molecule has 0 amide bonds. The Balaban J connectivity index is 1.62. The van der Waals surface area contributed by atoms with Crippen molar-refractivity contribution in [2.24, 2.45) is 4.99 Å². The first-order valence-electron chi connectivity index (χ1n) is 10.6. The molecule has 0 radical (unpaired) electrons. The highest BCUT2D eigenvalue weighted by Gasteiger charge is 2.27. The minimum atomic E-state index is -0.673. The van der Waals surface area contributed by atoms with E-state index in [0.717, 1.165) is 0 Å². The van der Waals surface area contributed by atoms with Crippen molar-refractivity contribution in [3.63, 3.8) is 0 Å². The lowest BCUT2D eigenvalue weighted by atomic mass is 10.1. The number of halogens is 3. The predicted molar refractivity (Wildman–Crippen MR) is 138 cm³/mol. The lowest BCUT2D eigenvalue weighted by Gasteiger charge is -2.12. The second-order valence-electron chi connectivity index (χ2n) is 7.33. The Morgan fingerprint density at radius 1 is 0.972 bits per heavy atom. The summed E-state index contributed by atoms with van der Waals surface area (Å²) in [6.07, 6.45) is 1.52. The Kier molecular flexibility index (Phi) is 7.84. The number of carbonyl (C=O) groups excluding carboxylic acids is 2. The summed E-state index contributed by atoms with van der Waals surface area (Å²) in [5, 5.41) is 0.999. The highest BCUT2D eigenvalue weighted by atomic mass is 35.5. The number of esters is 2. The minimum absolute atomic E-state index is 0.0622. The molecule has 0 aliphatic carbocycles. The number of rotatable bonds is 7. The Morgan fingerprint density at radius 2 is 1.69 bits per heavy atom. The molecule has 10 heteroatoms. The van der Waals surface area contributed by atoms with E-state index < -0.39 is 11.9 Å². The normalized spacial score (nSPS) is 13.9. The van der Waals surface area contributed by atoms with Gasteiger partial charge in [-0.15, -0.1) is 0 Å². The number of ether oxygens (including phenoxy) is 4. The van der Waals surface area contributed by atoms with E-state index >= 15 is 0 Å². The van der Waals surface area contributed by atoms with Crippen molar-refractivity contribution in [2.45, 2.75) is 6.92 Å². The first-order chi connectivity index (χ1) is 17.3. The van der Waals surface area contributed by atoms with Gasteiger partial charge in [0, 0.05) is 10.0 Å². The number of aliphatic imine (C=N–C) groups is 1. The summed E-state index contributed by atoms with van der Waals surface area (Å²) in [5.74, 6) is -0.321. The molecule has 0 fully saturated rings. The summed E-state index contributed by atoms with van der Waals surface area (Å²) in [5.41, 5.74) is 1.23. The molecule has 1 aliphatic rings. The fraction of sp³-hybridized carbons (Fsp3) is 0.115. The third-order valence-corrected chi connectivity index (χ3v) is 5.72. The van der Waals surface area contributed by atoms with Crippen molar-refractivity contribution in [3.05, 3.63) is 92.1 Å². The second-order valence-corrected chi connectivity index (χ2v) is 8.61. The van der Waals surface area contributed by atoms with Gasteiger partial charge in [-0.1, -0.05) is 40.9 Å². The maximum Gasteiger partial charge on any atom is 0.363 e. The first kappa shape index (κ1) is 25.6. The van der Waals surface area contributed by atoms with E-state index in [4.69, 9.17) is 53.8 Å². The summed E-state index contributed by atoms with van der Waals surface area (Å²) < 4.78 is 21.8. The van der Waals surface area contributed by atoms with E-state index in [1.54, 1.807) is 43.3 Å². The van der Waals surface area contributed by atoms with Crippen molar-refractivity contribution in [1.82, 2.24) is 0 Å². The van der Waals surface area contributed by atoms with Crippen molar-refractivity contribution in [2.75, 3.05) is 13.7 Å². The molecule has 1 heterocycles. The number of cyclic esters (lactones) is 1. The molecule has 0 unspecified atom stereocenters. The van der Waals surface area contributed by atoms with E-state index in [1.807, 2.05) is 0 Å². The monoisotopic (exact) mass is 545 g/mol. The molecule has 0 bridgehead atoms. The topological polar surface area (TPSA) is 83.4 Å². The summed E-state index contributed by atoms with van der Waals surface area (Å²) in [4.78, 5) is 29.4. The average molecular weight is 547 g/mol. The van der Waals surface area contributed by atoms with Crippen molar-refractivity contribution < 1.29 is 28.5 Å². The quantitative estimate of drug-likeness (QED) is 0.188. The smallest absolute Gasteiger partial charge is 0.363 e. The molecule has 0 aromatic heterocycles. The zero-order valence-corrected chi connectivity index (χ0v) is 21.3. The van der Waals surface area contributed by atoms with Crippen LogP contribution in [0.1, 0.15) is 28.4 Å². The molecule has 0 spiro atoms. The molecular formula is C26H18Cl3NO6. The van der Waals surface area contributed by atoms with Crippen LogP contribution in [-0.2, 0) is 9.53 Å². The van der Waals surface area contributed by atoms with Gasteiger partial charge >= 0.3 is 11.9 Å². The zero-order valence-electron chi connectivity index (χ0n) is 19.0. The van der Waals surface area contributed by atoms with Crippen molar-refractivity contribution in [3.8, 4) is 17.2 Å². The van der Waals surface area contributed by atoms with Crippen LogP contribution in [0, 0.1) is 0 Å². The average Bonchev–Trinajstić information content (AvgIpc) is 3.20. The van der Waals surface area contributed by atoms with Crippen LogP contribution >= 0.6 is 34.8 Å². The van der Waals surface area contributed by atoms with Gasteiger partial charge in [0.15, 0.2) is 17.2 Å². The Hall–Kier alpha value is -3.52. The van der Waals surface area contributed by atoms with Gasteiger partial charge in [0.2, 0.25) is 5.90 Å². The van der Waals surface area contributed by atoms with E-state index in [9.17, 15) is 9.59 Å². The molecule has 0 saturated carbocycles. The third-order valence-electron chi connectivity index (χ3n) is 4.94. The third kappa shape index (κ3) is 5.65. The van der Waals surface area contributed by atoms with Gasteiger partial charge < -0.3 is 18.9 Å². The summed E-state index contributed by atoms with van der Waals surface area (Å²) >= 11 is 18.1. The number of carbonyl (C=O) groups is 2. The lowest BCUT2D eigenvalue weighted by molar-refractivity contribution is -0.129. The molecule has 4 rings (SSSR count). The van der Waals surface area contributed by atoms with Crippen LogP contribution < -0.4 is 14.2 Å². The largest absolute Gasteiger partial charge is 0.496 e. The fourth-order valence-electron chi connectivity index (χ4n) is 3.31. The van der Waals surface area contributed by atoms with Gasteiger partial charge in [-0.2, -0.15) is 0 Å². The van der Waals surface area contributed by atoms with Gasteiger partial charge in [0.05, 0.1) is 29.9 Å². The van der Waals surface area contributed by atoms with Crippen LogP contribution in [0.5, 0.6) is 17.2 Å². The van der Waals surface area contributed by atoms with Crippen LogP contribution in [-0.4, -0.2) is 31.6 Å². The van der Waals surface area contributed by atoms with E-state index in [-0.39, 0.29) is 33.7 Å². The van der Waals surface area contributed by atoms with Gasteiger partial charge in [-0.3, -0.25) is 0 Å². The molecule has 3 aromatic carbocycles. The van der Waals surface area contributed by atoms with E-state index in [1.165, 1.54) is 31.4 Å². The molecule has 1 aliphatic heterocycles. The van der Waals surface area contributed by atoms with Gasteiger partial charge in [0.25, 0.3) is 0 Å². The van der Waals surface area contributed by atoms with Crippen LogP contribution in [0.3, 0.4) is 0 Å². The Bertz CT molecular complexity index is 1420. The molecule has 7 nitrogen and oxygen atoms in total. The maximum atomic E-state index is 12.6. The van der Waals surface area contributed by atoms with E-state index in [0.29, 0.717) is 33.5 Å². The maximum absolute atomic E-state index is 12.6. The second kappa shape index (κ2) is 11.0. The SMILES string of the molecule is CCOc1cc(/C=C2\N=C(c3cc(Cl)ccc3OC)OC2=O)ccc1OC(=O)c1ccc(Cl)cc1Cl. The number of hydrogen-bond acceptors (Lipinski definition) is 7. The van der Waals surface area contributed by atoms with Crippen LogP contribution in [0.15, 0.2) is 65.3 Å². The van der Waals surface area contributed by atoms with Crippen molar-refractivity contribution in [1.29, 1.82) is 0 Å². The molecule has 184 valence electrons. The van der Waals surface area contributed by atoms with Crippen LogP contribution in [0.25, 0.3) is 6.08 Å². The molecule has 0 N–H and O–H groups in total. The summed E-state index contributed by atoms with van der Waals surface area (Å²) in [6, 6.07) is 14.2. The van der Waals surface area contributed by atoms with Crippen LogP contribution in [0.4, 0.5) is 0 Å². The number of methoxy groups -OCH3 is 1. The molecular weight excluding hydrogens is 529 g/mol. The summed E-state index contributed by atoms with van der Waals surface area (Å²) in [6.45, 7) is 2.10. The summed E-state index contributed by atoms with van der Waals surface area (Å²) in [7, 11) is 1.49.